The monoisotopic (exact) mass is 294 g/mol. The molecular weight excluding hydrogens is 266 g/mol. The Morgan fingerprint density at radius 2 is 2.43 bits per heavy atom. The van der Waals surface area contributed by atoms with Gasteiger partial charge in [0, 0.05) is 26.4 Å². The summed E-state index contributed by atoms with van der Waals surface area (Å²) in [6, 6.07) is -1.41. The number of alkyl carbamates (subject to hydrolysis) is 1. The number of nitrogens with zero attached hydrogens (tertiary/aromatic N) is 1. The van der Waals surface area contributed by atoms with Crippen LogP contribution in [0.1, 0.15) is 18.0 Å². The van der Waals surface area contributed by atoms with Crippen LogP contribution in [-0.2, 0) is 17.5 Å². The maximum Gasteiger partial charge on any atom is 0.407 e. The van der Waals surface area contributed by atoms with Crippen LogP contribution < -0.4 is 5.31 Å². The number of carbonyl (C=O) groups is 1. The smallest absolute Gasteiger partial charge is 0.407 e. The molecule has 1 aromatic carbocycles. The molecule has 0 saturated carbocycles. The van der Waals surface area contributed by atoms with Gasteiger partial charge >= 0.3 is 6.09 Å². The third-order valence-corrected chi connectivity index (χ3v) is 3.15. The largest absolute Gasteiger partial charge is 0.447 e. The molecule has 0 radical (unpaired) electrons. The lowest BCUT2D eigenvalue weighted by molar-refractivity contribution is 0.177. The molecule has 3 rings (SSSR count). The van der Waals surface area contributed by atoms with E-state index in [2.05, 4.69) is 0 Å². The van der Waals surface area contributed by atoms with Gasteiger partial charge in [-0.15, -0.1) is 0 Å². The van der Waals surface area contributed by atoms with E-state index in [4.69, 9.17) is 14.4 Å². The fourth-order valence-corrected chi connectivity index (χ4v) is 2.13. The van der Waals surface area contributed by atoms with Crippen LogP contribution in [0.3, 0.4) is 0 Å². The van der Waals surface area contributed by atoms with E-state index in [1.165, 1.54) is 6.20 Å². The van der Waals surface area contributed by atoms with Crippen LogP contribution >= 0.6 is 0 Å². The number of nitrogens with one attached hydrogen (secondary N) is 2. The first kappa shape index (κ1) is 7.84. The zero-order valence-electron chi connectivity index (χ0n) is 18.9. The Morgan fingerprint density at radius 1 is 1.57 bits per heavy atom. The molecule has 1 saturated heterocycles. The van der Waals surface area contributed by atoms with Crippen molar-refractivity contribution in [1.29, 1.82) is 0 Å². The van der Waals surface area contributed by atoms with Crippen molar-refractivity contribution in [3.05, 3.63) is 35.5 Å². The number of likely N-dealkylation sites (N-methyl/N-ethyl adjacent to an activating group) is 1. The quantitative estimate of drug-likeness (QED) is 0.886. The molecule has 112 valence electrons. The summed E-state index contributed by atoms with van der Waals surface area (Å²) in [6.45, 7) is -0.0390. The number of ether oxygens (including phenoxy) is 1. The lowest BCUT2D eigenvalue weighted by atomic mass is 10.0. The van der Waals surface area contributed by atoms with E-state index < -0.39 is 18.5 Å². The van der Waals surface area contributed by atoms with Crippen molar-refractivity contribution < 1.29 is 19.2 Å². The van der Waals surface area contributed by atoms with E-state index in [1.54, 1.807) is 19.0 Å². The SMILES string of the molecule is [2H]c1c(C[C@H]2COC(=O)N2[2H])c([2H])c2c(C([2H])([2H])CN(C)C)cn([2H])c2c1[2H]. The first-order valence-corrected chi connectivity index (χ1v) is 6.68. The van der Waals surface area contributed by atoms with Crippen molar-refractivity contribution >= 4 is 17.0 Å². The van der Waals surface area contributed by atoms with Gasteiger partial charge in [-0.3, -0.25) is 0 Å². The lowest BCUT2D eigenvalue weighted by Crippen LogP contribution is -2.28. The minimum atomic E-state index is -1.88. The van der Waals surface area contributed by atoms with E-state index in [9.17, 15) is 4.79 Å². The number of cyclic esters (lactones) is 1. The van der Waals surface area contributed by atoms with Gasteiger partial charge in [-0.2, -0.15) is 0 Å². The van der Waals surface area contributed by atoms with Gasteiger partial charge in [0.15, 0.2) is 2.82 Å². The molecule has 2 heterocycles. The third kappa shape index (κ3) is 3.19. The molecule has 5 heteroatoms. The number of H-pyrrole nitrogens is 1. The number of benzene rings is 1. The van der Waals surface area contributed by atoms with Crippen LogP contribution in [0.25, 0.3) is 10.9 Å². The molecule has 1 aliphatic rings. The predicted octanol–water partition coefficient (Wildman–Crippen LogP) is 1.92. The van der Waals surface area contributed by atoms with Crippen molar-refractivity contribution in [1.82, 2.24) is 15.2 Å². The number of carbonyl (C=O) groups excluding carboxylic acids is 1. The number of fused-ring (bicyclic) bond motifs is 1. The Morgan fingerprint density at radius 3 is 3.14 bits per heavy atom. The molecule has 0 aliphatic carbocycles. The van der Waals surface area contributed by atoms with Crippen molar-refractivity contribution in [3.63, 3.8) is 0 Å². The van der Waals surface area contributed by atoms with Crippen LogP contribution in [0.2, 0.25) is 2.82 Å². The van der Waals surface area contributed by atoms with E-state index in [0.29, 0.717) is 5.31 Å². The second kappa shape index (κ2) is 5.77. The van der Waals surface area contributed by atoms with E-state index in [1.807, 2.05) is 0 Å². The number of rotatable bonds is 5. The van der Waals surface area contributed by atoms with Gasteiger partial charge in [0.05, 0.1) is 10.2 Å². The van der Waals surface area contributed by atoms with Crippen LogP contribution in [0, 0.1) is 0 Å². The molecule has 2 N–H and O–H groups in total. The molecular formula is C16H21N3O2. The number of amides is 1. The molecule has 0 spiro atoms. The minimum absolute atomic E-state index is 0.00198. The van der Waals surface area contributed by atoms with Crippen LogP contribution in [-0.4, -0.2) is 49.3 Å². The molecule has 1 fully saturated rings. The van der Waals surface area contributed by atoms with Gasteiger partial charge in [-0.25, -0.2) is 4.79 Å². The number of aromatic amines is 1. The molecule has 0 bridgehead atoms. The third-order valence-electron chi connectivity index (χ3n) is 3.15. The summed E-state index contributed by atoms with van der Waals surface area (Å²) in [5.74, 6) is 0. The van der Waals surface area contributed by atoms with Crippen LogP contribution in [0.5, 0.6) is 0 Å². The van der Waals surface area contributed by atoms with Crippen LogP contribution in [0.15, 0.2) is 24.3 Å². The maximum atomic E-state index is 11.4. The summed E-state index contributed by atoms with van der Waals surface area (Å²) in [5.41, 5.74) is 0.233. The van der Waals surface area contributed by atoms with Crippen molar-refractivity contribution in [2.75, 3.05) is 27.2 Å². The van der Waals surface area contributed by atoms with Crippen molar-refractivity contribution in [2.24, 2.45) is 0 Å². The predicted molar refractivity (Wildman–Crippen MR) is 82.5 cm³/mol. The first-order valence-electron chi connectivity index (χ1n) is 10.1. The first-order chi connectivity index (χ1) is 13.0. The summed E-state index contributed by atoms with van der Waals surface area (Å²) >= 11 is 0. The van der Waals surface area contributed by atoms with E-state index in [0.717, 1.165) is 4.98 Å². The van der Waals surface area contributed by atoms with Crippen molar-refractivity contribution in [3.8, 4) is 0 Å². The average molecular weight is 294 g/mol. The highest BCUT2D eigenvalue weighted by atomic mass is 16.6. The molecule has 1 atom stereocenters. The minimum Gasteiger partial charge on any atom is -0.447 e. The Labute approximate surface area is 134 Å². The second-order valence-corrected chi connectivity index (χ2v) is 5.23. The van der Waals surface area contributed by atoms with Gasteiger partial charge in [0.25, 0.3) is 0 Å². The molecule has 1 aliphatic heterocycles. The number of aromatic nitrogens is 1. The van der Waals surface area contributed by atoms with E-state index in [-0.39, 0.29) is 59.7 Å². The fraction of sp³-hybridized carbons (Fsp3) is 0.438. The normalized spacial score (nSPS) is 24.1. The van der Waals surface area contributed by atoms with Gasteiger partial charge in [-0.1, -0.05) is 6.04 Å². The summed E-state index contributed by atoms with van der Waals surface area (Å²) < 4.78 is 62.5. The topological polar surface area (TPSA) is 57.4 Å². The fourth-order valence-electron chi connectivity index (χ4n) is 2.13. The van der Waals surface area contributed by atoms with Gasteiger partial charge < -0.3 is 19.9 Å². The van der Waals surface area contributed by atoms with Crippen LogP contribution in [0.4, 0.5) is 4.79 Å². The highest BCUT2D eigenvalue weighted by Crippen LogP contribution is 2.21. The highest BCUT2D eigenvalue weighted by molar-refractivity contribution is 5.84. The van der Waals surface area contributed by atoms with E-state index >= 15 is 0 Å². The standard InChI is InChI=1S/C16H21N3O2/c1-19(2)6-5-12-9-17-15-4-3-11(8-14(12)15)7-13-10-21-16(20)18-13/h3-4,8-9,13,17H,5-7,10H2,1-2H3,(H,18,20)/t13-/m0/s1/i3D,4D,5D2,8D/hD2. The second-order valence-electron chi connectivity index (χ2n) is 5.23. The number of hydrogen-bond donors (Lipinski definition) is 2. The summed E-state index contributed by atoms with van der Waals surface area (Å²) in [5, 5.41) is 0.758. The average Bonchev–Trinajstić information content (AvgIpc) is 3.10. The summed E-state index contributed by atoms with van der Waals surface area (Å²) in [6.07, 6.45) is -1.48. The number of hydrogen-bond acceptors (Lipinski definition) is 3. The van der Waals surface area contributed by atoms with Gasteiger partial charge in [0.2, 0.25) is 0 Å². The Balaban J connectivity index is 2.19. The Hall–Kier alpha value is -2.01. The Kier molecular flexibility index (Phi) is 2.16. The van der Waals surface area contributed by atoms with Gasteiger partial charge in [0.1, 0.15) is 6.61 Å². The molecule has 2 aromatic rings. The summed E-state index contributed by atoms with van der Waals surface area (Å²) in [7, 11) is 3.42. The molecule has 1 amide bonds. The molecule has 1 aromatic heterocycles. The molecule has 5 nitrogen and oxygen atoms in total. The summed E-state index contributed by atoms with van der Waals surface area (Å²) in [4.78, 5) is 13.9. The maximum absolute atomic E-state index is 11.4. The molecule has 21 heavy (non-hydrogen) atoms. The highest BCUT2D eigenvalue weighted by Gasteiger charge is 2.22. The lowest BCUT2D eigenvalue weighted by Gasteiger charge is -2.09. The molecule has 0 unspecified atom stereocenters. The zero-order chi connectivity index (χ0) is 21.0. The van der Waals surface area contributed by atoms with Crippen molar-refractivity contribution in [2.45, 2.75) is 18.8 Å². The van der Waals surface area contributed by atoms with Gasteiger partial charge in [-0.05, 0) is 50.1 Å². The Bertz CT molecular complexity index is 944. The zero-order valence-corrected chi connectivity index (χ0v) is 11.9.